The highest BCUT2D eigenvalue weighted by atomic mass is 16.2. The largest absolute Gasteiger partial charge is 0.325 e. The van der Waals surface area contributed by atoms with Crippen molar-refractivity contribution in [2.75, 3.05) is 11.4 Å². The molecule has 0 bridgehead atoms. The number of aryl methyl sites for hydroxylation is 1. The Morgan fingerprint density at radius 3 is 2.72 bits per heavy atom. The van der Waals surface area contributed by atoms with E-state index in [1.807, 2.05) is 31.2 Å². The summed E-state index contributed by atoms with van der Waals surface area (Å²) in [7, 11) is 0. The normalized spacial score (nSPS) is 24.6. The molecule has 0 aromatic heterocycles. The zero-order valence-corrected chi connectivity index (χ0v) is 14.5. The van der Waals surface area contributed by atoms with Crippen LogP contribution < -0.4 is 10.2 Å². The van der Waals surface area contributed by atoms with Crippen LogP contribution in [0, 0.1) is 0 Å². The SMILES string of the molecule is CC1CCc2ccccc2N1C(=O)CN1C(=O)NC2(CCCC2)C1=O. The zero-order chi connectivity index (χ0) is 17.6. The molecular weight excluding hydrogens is 318 g/mol. The fourth-order valence-corrected chi connectivity index (χ4v) is 4.42. The number of para-hydroxylation sites is 1. The first kappa shape index (κ1) is 16.1. The maximum Gasteiger partial charge on any atom is 0.325 e. The van der Waals surface area contributed by atoms with E-state index in [0.717, 1.165) is 41.8 Å². The van der Waals surface area contributed by atoms with Crippen molar-refractivity contribution in [3.8, 4) is 0 Å². The summed E-state index contributed by atoms with van der Waals surface area (Å²) in [5.41, 5.74) is 1.27. The van der Waals surface area contributed by atoms with Crippen molar-refractivity contribution < 1.29 is 14.4 Å². The van der Waals surface area contributed by atoms with E-state index < -0.39 is 11.6 Å². The smallest absolute Gasteiger partial charge is 0.323 e. The van der Waals surface area contributed by atoms with Crippen LogP contribution >= 0.6 is 0 Å². The molecule has 3 aliphatic rings. The minimum absolute atomic E-state index is 0.0589. The Bertz CT molecular complexity index is 739. The number of rotatable bonds is 2. The van der Waals surface area contributed by atoms with Crippen LogP contribution in [0.3, 0.4) is 0 Å². The summed E-state index contributed by atoms with van der Waals surface area (Å²) >= 11 is 0. The van der Waals surface area contributed by atoms with E-state index in [1.165, 1.54) is 0 Å². The first-order valence-electron chi connectivity index (χ1n) is 9.06. The van der Waals surface area contributed by atoms with Crippen molar-refractivity contribution in [1.29, 1.82) is 0 Å². The van der Waals surface area contributed by atoms with Crippen LogP contribution in [-0.4, -0.2) is 40.9 Å². The minimum Gasteiger partial charge on any atom is -0.323 e. The third-order valence-electron chi connectivity index (χ3n) is 5.79. The van der Waals surface area contributed by atoms with Crippen molar-refractivity contribution in [3.05, 3.63) is 29.8 Å². The number of hydrogen-bond donors (Lipinski definition) is 1. The maximum absolute atomic E-state index is 13.0. The number of urea groups is 1. The molecule has 2 heterocycles. The Morgan fingerprint density at radius 1 is 1.24 bits per heavy atom. The van der Waals surface area contributed by atoms with Crippen molar-refractivity contribution in [3.63, 3.8) is 0 Å². The molecule has 2 aliphatic heterocycles. The first-order chi connectivity index (χ1) is 12.0. The Hall–Kier alpha value is -2.37. The van der Waals surface area contributed by atoms with Crippen molar-refractivity contribution >= 4 is 23.5 Å². The molecule has 4 amide bonds. The summed E-state index contributed by atoms with van der Waals surface area (Å²) in [6.07, 6.45) is 5.03. The number of anilines is 1. The van der Waals surface area contributed by atoms with Crippen LogP contribution in [0.15, 0.2) is 24.3 Å². The Kier molecular flexibility index (Phi) is 3.78. The van der Waals surface area contributed by atoms with Crippen LogP contribution in [-0.2, 0) is 16.0 Å². The van der Waals surface area contributed by atoms with Crippen molar-refractivity contribution in [1.82, 2.24) is 10.2 Å². The van der Waals surface area contributed by atoms with E-state index >= 15 is 0 Å². The summed E-state index contributed by atoms with van der Waals surface area (Å²) in [5, 5.41) is 2.83. The number of nitrogens with one attached hydrogen (secondary N) is 1. The second-order valence-corrected chi connectivity index (χ2v) is 7.39. The number of carbonyl (C=O) groups excluding carboxylic acids is 3. The Balaban J connectivity index is 1.56. The van der Waals surface area contributed by atoms with Crippen LogP contribution in [0.4, 0.5) is 10.5 Å². The van der Waals surface area contributed by atoms with Crippen LogP contribution in [0.5, 0.6) is 0 Å². The van der Waals surface area contributed by atoms with Gasteiger partial charge in [-0.3, -0.25) is 14.5 Å². The third-order valence-corrected chi connectivity index (χ3v) is 5.79. The highest BCUT2D eigenvalue weighted by Crippen LogP contribution is 2.35. The quantitative estimate of drug-likeness (QED) is 0.839. The van der Waals surface area contributed by atoms with Gasteiger partial charge in [-0.2, -0.15) is 0 Å². The molecule has 1 aromatic rings. The van der Waals surface area contributed by atoms with Crippen LogP contribution in [0.2, 0.25) is 0 Å². The fraction of sp³-hybridized carbons (Fsp3) is 0.526. The van der Waals surface area contributed by atoms with Gasteiger partial charge in [0.2, 0.25) is 5.91 Å². The molecule has 4 rings (SSSR count). The summed E-state index contributed by atoms with van der Waals surface area (Å²) in [6.45, 7) is 1.82. The lowest BCUT2D eigenvalue weighted by molar-refractivity contribution is -0.134. The lowest BCUT2D eigenvalue weighted by atomic mass is 9.96. The zero-order valence-electron chi connectivity index (χ0n) is 14.5. The van der Waals surface area contributed by atoms with Crippen LogP contribution in [0.25, 0.3) is 0 Å². The van der Waals surface area contributed by atoms with Crippen molar-refractivity contribution in [2.45, 2.75) is 57.0 Å². The third kappa shape index (κ3) is 2.51. The number of hydrogen-bond acceptors (Lipinski definition) is 3. The van der Waals surface area contributed by atoms with Gasteiger partial charge < -0.3 is 10.2 Å². The summed E-state index contributed by atoms with van der Waals surface area (Å²) < 4.78 is 0. The summed E-state index contributed by atoms with van der Waals surface area (Å²) in [4.78, 5) is 40.9. The monoisotopic (exact) mass is 341 g/mol. The lowest BCUT2D eigenvalue weighted by Gasteiger charge is -2.36. The van der Waals surface area contributed by atoms with Gasteiger partial charge in [0.25, 0.3) is 5.91 Å². The van der Waals surface area contributed by atoms with E-state index in [0.29, 0.717) is 12.8 Å². The number of fused-ring (bicyclic) bond motifs is 1. The molecule has 6 nitrogen and oxygen atoms in total. The van der Waals surface area contributed by atoms with Gasteiger partial charge in [-0.15, -0.1) is 0 Å². The molecule has 1 aliphatic carbocycles. The van der Waals surface area contributed by atoms with Crippen molar-refractivity contribution in [2.24, 2.45) is 0 Å². The number of nitrogens with zero attached hydrogens (tertiary/aromatic N) is 2. The predicted octanol–water partition coefficient (Wildman–Crippen LogP) is 2.22. The highest BCUT2D eigenvalue weighted by Gasteiger charge is 2.53. The molecule has 1 saturated heterocycles. The van der Waals surface area contributed by atoms with Gasteiger partial charge in [-0.05, 0) is 44.2 Å². The second kappa shape index (κ2) is 5.86. The topological polar surface area (TPSA) is 69.7 Å². The van der Waals surface area contributed by atoms with Gasteiger partial charge in [-0.1, -0.05) is 31.0 Å². The summed E-state index contributed by atoms with van der Waals surface area (Å²) in [5.74, 6) is -0.431. The molecule has 1 atom stereocenters. The average molecular weight is 341 g/mol. The Labute approximate surface area is 147 Å². The standard InChI is InChI=1S/C19H23N3O3/c1-13-8-9-14-6-2-3-7-15(14)22(13)16(23)12-21-17(24)19(20-18(21)25)10-4-5-11-19/h2-3,6-7,13H,4-5,8-12H2,1H3,(H,20,25). The minimum atomic E-state index is -0.761. The molecule has 1 spiro atoms. The van der Waals surface area contributed by atoms with Gasteiger partial charge in [0.05, 0.1) is 0 Å². The molecule has 2 fully saturated rings. The van der Waals surface area contributed by atoms with Gasteiger partial charge >= 0.3 is 6.03 Å². The number of benzene rings is 1. The van der Waals surface area contributed by atoms with E-state index in [-0.39, 0.29) is 24.4 Å². The molecular formula is C19H23N3O3. The average Bonchev–Trinajstić information content (AvgIpc) is 3.16. The maximum atomic E-state index is 13.0. The summed E-state index contributed by atoms with van der Waals surface area (Å²) in [6, 6.07) is 7.48. The van der Waals surface area contributed by atoms with E-state index in [4.69, 9.17) is 0 Å². The molecule has 1 N–H and O–H groups in total. The number of imide groups is 1. The van der Waals surface area contributed by atoms with Gasteiger partial charge in [0, 0.05) is 11.7 Å². The molecule has 1 aromatic carbocycles. The van der Waals surface area contributed by atoms with E-state index in [1.54, 1.807) is 4.90 Å². The number of amides is 4. The van der Waals surface area contributed by atoms with Gasteiger partial charge in [0.1, 0.15) is 12.1 Å². The lowest BCUT2D eigenvalue weighted by Crippen LogP contribution is -2.49. The van der Waals surface area contributed by atoms with Gasteiger partial charge in [-0.25, -0.2) is 4.79 Å². The molecule has 6 heteroatoms. The first-order valence-corrected chi connectivity index (χ1v) is 9.06. The molecule has 25 heavy (non-hydrogen) atoms. The van der Waals surface area contributed by atoms with Crippen LogP contribution in [0.1, 0.15) is 44.6 Å². The van der Waals surface area contributed by atoms with E-state index in [9.17, 15) is 14.4 Å². The van der Waals surface area contributed by atoms with E-state index in [2.05, 4.69) is 5.32 Å². The molecule has 1 saturated carbocycles. The molecule has 0 radical (unpaired) electrons. The van der Waals surface area contributed by atoms with Gasteiger partial charge in [0.15, 0.2) is 0 Å². The highest BCUT2D eigenvalue weighted by molar-refractivity contribution is 6.10. The molecule has 1 unspecified atom stereocenters. The fourth-order valence-electron chi connectivity index (χ4n) is 4.42. The predicted molar refractivity (Wildman–Crippen MR) is 93.2 cm³/mol. The second-order valence-electron chi connectivity index (χ2n) is 7.39. The number of carbonyl (C=O) groups is 3. The Morgan fingerprint density at radius 2 is 1.96 bits per heavy atom. The molecule has 132 valence electrons.